The van der Waals surface area contributed by atoms with Crippen molar-refractivity contribution < 1.29 is 4.42 Å². The average Bonchev–Trinajstić information content (AvgIpc) is 3.80. The van der Waals surface area contributed by atoms with Crippen LogP contribution in [-0.2, 0) is 0 Å². The molecule has 0 N–H and O–H groups in total. The van der Waals surface area contributed by atoms with E-state index in [9.17, 15) is 0 Å². The fourth-order valence-corrected chi connectivity index (χ4v) is 8.41. The fraction of sp³-hybridized carbons (Fsp3) is 0. The maximum Gasteiger partial charge on any atom is 0.159 e. The molecule has 0 aliphatic carbocycles. The molecule has 0 saturated heterocycles. The van der Waals surface area contributed by atoms with Crippen LogP contribution < -0.4 is 4.90 Å². The lowest BCUT2D eigenvalue weighted by molar-refractivity contribution is 0.666. The zero-order valence-corrected chi connectivity index (χ0v) is 29.9. The number of anilines is 3. The molecule has 0 aliphatic rings. The number of nitrogens with zero attached hydrogens (tertiary/aromatic N) is 2. The highest BCUT2D eigenvalue weighted by atomic mass is 16.3. The van der Waals surface area contributed by atoms with Gasteiger partial charge >= 0.3 is 0 Å². The Bertz CT molecular complexity index is 3200. The Morgan fingerprint density at radius 3 is 1.87 bits per heavy atom. The van der Waals surface area contributed by atoms with Crippen LogP contribution in [0.25, 0.3) is 82.5 Å². The largest absolute Gasteiger partial charge is 0.454 e. The molecule has 3 nitrogen and oxygen atoms in total. The van der Waals surface area contributed by atoms with Crippen molar-refractivity contribution >= 4 is 71.6 Å². The molecule has 3 heteroatoms. The Labute approximate surface area is 318 Å². The standard InChI is InChI=1S/C52H34N2O/c1-2-13-35(14-3-1)36-27-30-40(31-28-36)53(47-24-11-16-37-15-4-5-19-42(37)47)41-18-10-17-38(33-41)39-29-32-44-43-20-6-8-23-48(43)54(50(44)34-39)49-25-12-22-46-45-21-7-9-26-51(45)55-52(46)49/h1-34H. The summed E-state index contributed by atoms with van der Waals surface area (Å²) in [5.41, 5.74) is 13.1. The van der Waals surface area contributed by atoms with Crippen LogP contribution in [0.5, 0.6) is 0 Å². The van der Waals surface area contributed by atoms with Crippen LogP contribution in [0.1, 0.15) is 0 Å². The minimum atomic E-state index is 0.891. The van der Waals surface area contributed by atoms with E-state index in [2.05, 4.69) is 210 Å². The van der Waals surface area contributed by atoms with E-state index in [1.165, 1.54) is 32.7 Å². The molecule has 11 rings (SSSR count). The van der Waals surface area contributed by atoms with Crippen molar-refractivity contribution in [3.05, 3.63) is 206 Å². The van der Waals surface area contributed by atoms with Crippen LogP contribution in [0.3, 0.4) is 0 Å². The number of rotatable bonds is 6. The summed E-state index contributed by atoms with van der Waals surface area (Å²) in [6, 6.07) is 73.9. The van der Waals surface area contributed by atoms with E-state index in [4.69, 9.17) is 4.42 Å². The summed E-state index contributed by atoms with van der Waals surface area (Å²) >= 11 is 0. The monoisotopic (exact) mass is 702 g/mol. The first kappa shape index (κ1) is 31.2. The van der Waals surface area contributed by atoms with Gasteiger partial charge in [0.15, 0.2) is 5.58 Å². The number of furan rings is 1. The van der Waals surface area contributed by atoms with Crippen molar-refractivity contribution in [1.82, 2.24) is 4.57 Å². The topological polar surface area (TPSA) is 21.3 Å². The summed E-state index contributed by atoms with van der Waals surface area (Å²) in [4.78, 5) is 2.39. The zero-order chi connectivity index (χ0) is 36.3. The predicted molar refractivity (Wildman–Crippen MR) is 231 cm³/mol. The molecule has 0 amide bonds. The van der Waals surface area contributed by atoms with E-state index >= 15 is 0 Å². The summed E-state index contributed by atoms with van der Waals surface area (Å²) in [5.74, 6) is 0. The highest BCUT2D eigenvalue weighted by Crippen LogP contribution is 2.43. The molecule has 258 valence electrons. The van der Waals surface area contributed by atoms with Gasteiger partial charge in [-0.15, -0.1) is 0 Å². The van der Waals surface area contributed by atoms with Gasteiger partial charge in [-0.25, -0.2) is 0 Å². The third-order valence-electron chi connectivity index (χ3n) is 11.0. The molecule has 2 aromatic heterocycles. The summed E-state index contributed by atoms with van der Waals surface area (Å²) < 4.78 is 8.96. The molecule has 0 saturated carbocycles. The van der Waals surface area contributed by atoms with Crippen molar-refractivity contribution in [3.63, 3.8) is 0 Å². The van der Waals surface area contributed by atoms with Gasteiger partial charge in [0.25, 0.3) is 0 Å². The number of hydrogen-bond acceptors (Lipinski definition) is 2. The van der Waals surface area contributed by atoms with Crippen LogP contribution in [0.2, 0.25) is 0 Å². The van der Waals surface area contributed by atoms with Crippen molar-refractivity contribution in [1.29, 1.82) is 0 Å². The quantitative estimate of drug-likeness (QED) is 0.172. The molecule has 0 spiro atoms. The third kappa shape index (κ3) is 5.13. The Balaban J connectivity index is 1.09. The number of benzene rings is 9. The van der Waals surface area contributed by atoms with Gasteiger partial charge in [-0.2, -0.15) is 0 Å². The lowest BCUT2D eigenvalue weighted by atomic mass is 10.0. The summed E-state index contributed by atoms with van der Waals surface area (Å²) in [5, 5.41) is 7.08. The maximum absolute atomic E-state index is 6.58. The lowest BCUT2D eigenvalue weighted by Gasteiger charge is -2.27. The summed E-state index contributed by atoms with van der Waals surface area (Å²) in [7, 11) is 0. The first-order valence-electron chi connectivity index (χ1n) is 18.8. The van der Waals surface area contributed by atoms with E-state index in [0.29, 0.717) is 0 Å². The smallest absolute Gasteiger partial charge is 0.159 e. The Morgan fingerprint density at radius 1 is 0.364 bits per heavy atom. The first-order chi connectivity index (χ1) is 27.3. The first-order valence-corrected chi connectivity index (χ1v) is 18.8. The highest BCUT2D eigenvalue weighted by molar-refractivity contribution is 6.13. The van der Waals surface area contributed by atoms with Crippen LogP contribution in [0, 0.1) is 0 Å². The van der Waals surface area contributed by atoms with E-state index in [1.54, 1.807) is 0 Å². The molecule has 11 aromatic rings. The van der Waals surface area contributed by atoms with Crippen molar-refractivity contribution in [2.75, 3.05) is 4.90 Å². The molecule has 0 aliphatic heterocycles. The second-order valence-electron chi connectivity index (χ2n) is 14.1. The minimum absolute atomic E-state index is 0.891. The van der Waals surface area contributed by atoms with E-state index < -0.39 is 0 Å². The van der Waals surface area contributed by atoms with Crippen LogP contribution in [-0.4, -0.2) is 4.57 Å². The zero-order valence-electron chi connectivity index (χ0n) is 29.9. The van der Waals surface area contributed by atoms with Crippen molar-refractivity contribution in [3.8, 4) is 27.9 Å². The third-order valence-corrected chi connectivity index (χ3v) is 11.0. The SMILES string of the molecule is c1ccc(-c2ccc(N(c3cccc(-c4ccc5c6ccccc6n(-c6cccc7c6oc6ccccc67)c5c4)c3)c3cccc4ccccc34)cc2)cc1. The summed E-state index contributed by atoms with van der Waals surface area (Å²) in [6.07, 6.45) is 0. The maximum atomic E-state index is 6.58. The predicted octanol–water partition coefficient (Wildman–Crippen LogP) is 14.6. The molecular formula is C52H34N2O. The van der Waals surface area contributed by atoms with Gasteiger partial charge in [0.1, 0.15) is 5.58 Å². The van der Waals surface area contributed by atoms with Crippen molar-refractivity contribution in [2.45, 2.75) is 0 Å². The fourth-order valence-electron chi connectivity index (χ4n) is 8.41. The average molecular weight is 703 g/mol. The molecule has 0 atom stereocenters. The Hall–Kier alpha value is -7.36. The molecule has 9 aromatic carbocycles. The van der Waals surface area contributed by atoms with Crippen LogP contribution in [0.15, 0.2) is 211 Å². The number of fused-ring (bicyclic) bond motifs is 7. The number of hydrogen-bond donors (Lipinski definition) is 0. The summed E-state index contributed by atoms with van der Waals surface area (Å²) in [6.45, 7) is 0. The van der Waals surface area contributed by atoms with Gasteiger partial charge in [-0.05, 0) is 82.2 Å². The molecular weight excluding hydrogens is 669 g/mol. The van der Waals surface area contributed by atoms with Crippen LogP contribution >= 0.6 is 0 Å². The van der Waals surface area contributed by atoms with Gasteiger partial charge < -0.3 is 13.9 Å². The van der Waals surface area contributed by atoms with Crippen molar-refractivity contribution in [2.24, 2.45) is 0 Å². The molecule has 0 bridgehead atoms. The van der Waals surface area contributed by atoms with Gasteiger partial charge in [0.05, 0.1) is 22.4 Å². The van der Waals surface area contributed by atoms with Gasteiger partial charge in [0.2, 0.25) is 0 Å². The Kier molecular flexibility index (Phi) is 7.17. The second kappa shape index (κ2) is 12.6. The van der Waals surface area contributed by atoms with Crippen LogP contribution in [0.4, 0.5) is 17.1 Å². The number of para-hydroxylation sites is 3. The molecule has 55 heavy (non-hydrogen) atoms. The Morgan fingerprint density at radius 2 is 0.982 bits per heavy atom. The molecule has 2 heterocycles. The molecule has 0 fully saturated rings. The highest BCUT2D eigenvalue weighted by Gasteiger charge is 2.20. The van der Waals surface area contributed by atoms with E-state index in [0.717, 1.165) is 66.8 Å². The van der Waals surface area contributed by atoms with Gasteiger partial charge in [-0.3, -0.25) is 0 Å². The van der Waals surface area contributed by atoms with Gasteiger partial charge in [-0.1, -0.05) is 152 Å². The minimum Gasteiger partial charge on any atom is -0.454 e. The second-order valence-corrected chi connectivity index (χ2v) is 14.1. The van der Waals surface area contributed by atoms with E-state index in [1.807, 2.05) is 6.07 Å². The molecule has 0 radical (unpaired) electrons. The van der Waals surface area contributed by atoms with E-state index in [-0.39, 0.29) is 0 Å². The number of aromatic nitrogens is 1. The normalized spacial score (nSPS) is 11.6. The lowest BCUT2D eigenvalue weighted by Crippen LogP contribution is -2.10. The van der Waals surface area contributed by atoms with Gasteiger partial charge in [0, 0.05) is 38.3 Å². The molecule has 0 unspecified atom stereocenters.